The van der Waals surface area contributed by atoms with Gasteiger partial charge in [-0.2, -0.15) is 0 Å². The van der Waals surface area contributed by atoms with E-state index in [0.717, 1.165) is 0 Å². The molecule has 4 heteroatoms. The Morgan fingerprint density at radius 2 is 0.918 bits per heavy atom. The molecule has 0 saturated heterocycles. The maximum Gasteiger partial charge on any atom is 0.251 e. The lowest BCUT2D eigenvalue weighted by molar-refractivity contribution is 0.569. The maximum atomic E-state index is 2.63. The third-order valence-electron chi connectivity index (χ3n) is 11.5. The molecule has 3 aliphatic heterocycles. The van der Waals surface area contributed by atoms with Gasteiger partial charge in [-0.05, 0) is 110 Å². The average molecular weight is 659 g/mol. The highest BCUT2D eigenvalue weighted by Gasteiger charge is 2.51. The zero-order valence-electron chi connectivity index (χ0n) is 31.6. The van der Waals surface area contributed by atoms with E-state index in [0.29, 0.717) is 0 Å². The Bertz CT molecular complexity index is 2140. The Morgan fingerprint density at radius 1 is 0.469 bits per heavy atom. The lowest BCUT2D eigenvalue weighted by Crippen LogP contribution is -2.79. The van der Waals surface area contributed by atoms with Crippen LogP contribution < -0.4 is 36.6 Å². The van der Waals surface area contributed by atoms with Crippen molar-refractivity contribution >= 4 is 75.7 Å². The quantitative estimate of drug-likeness (QED) is 0.171. The smallest absolute Gasteiger partial charge is 0.251 e. The lowest BCUT2D eigenvalue weighted by Gasteiger charge is -2.50. The first-order valence-electron chi connectivity index (χ1n) is 18.2. The van der Waals surface area contributed by atoms with E-state index in [1.54, 1.807) is 10.4 Å². The molecule has 5 aromatic carbocycles. The molecule has 0 bridgehead atoms. The first-order chi connectivity index (χ1) is 22.9. The highest BCUT2D eigenvalue weighted by molar-refractivity contribution is 7.16. The van der Waals surface area contributed by atoms with Crippen LogP contribution in [0.4, 0.5) is 34.1 Å². The number of nitrogens with zero attached hydrogens (tertiary/aromatic N) is 2. The zero-order valence-corrected chi connectivity index (χ0v) is 32.6. The summed E-state index contributed by atoms with van der Waals surface area (Å²) in [6, 6.07) is 36.0. The van der Waals surface area contributed by atoms with Crippen molar-refractivity contribution in [1.29, 1.82) is 0 Å². The molecular formula is C45H51BN2Si. The van der Waals surface area contributed by atoms with Crippen molar-refractivity contribution in [2.75, 3.05) is 9.80 Å². The molecule has 3 heterocycles. The largest absolute Gasteiger partial charge is 0.311 e. The second kappa shape index (κ2) is 10.3. The summed E-state index contributed by atoms with van der Waals surface area (Å²) in [7, 11) is -2.05. The third-order valence-corrected chi connectivity index (χ3v) is 15.1. The summed E-state index contributed by atoms with van der Waals surface area (Å²) in [5.74, 6) is 0. The van der Waals surface area contributed by atoms with Gasteiger partial charge in [-0.25, -0.2) is 0 Å². The summed E-state index contributed by atoms with van der Waals surface area (Å²) in [4.78, 5) is 5.22. The van der Waals surface area contributed by atoms with E-state index >= 15 is 0 Å². The molecule has 5 aromatic rings. The van der Waals surface area contributed by atoms with Crippen LogP contribution in [0.5, 0.6) is 0 Å². The van der Waals surface area contributed by atoms with E-state index in [2.05, 4.69) is 183 Å². The van der Waals surface area contributed by atoms with Gasteiger partial charge in [-0.3, -0.25) is 0 Å². The van der Waals surface area contributed by atoms with Crippen molar-refractivity contribution in [2.24, 2.45) is 0 Å². The zero-order chi connectivity index (χ0) is 35.0. The second-order valence-electron chi connectivity index (χ2n) is 18.5. The van der Waals surface area contributed by atoms with Crippen molar-refractivity contribution in [3.63, 3.8) is 0 Å². The van der Waals surface area contributed by atoms with E-state index in [1.807, 2.05) is 0 Å². The maximum absolute atomic E-state index is 2.63. The van der Waals surface area contributed by atoms with Crippen molar-refractivity contribution < 1.29 is 0 Å². The molecule has 0 unspecified atom stereocenters. The van der Waals surface area contributed by atoms with Gasteiger partial charge in [-0.15, -0.1) is 0 Å². The Hall–Kier alpha value is -4.02. The predicted molar refractivity (Wildman–Crippen MR) is 218 cm³/mol. The van der Waals surface area contributed by atoms with E-state index in [-0.39, 0.29) is 23.0 Å². The summed E-state index contributed by atoms with van der Waals surface area (Å²) in [6.45, 7) is 28.6. The van der Waals surface area contributed by atoms with Gasteiger partial charge in [0.05, 0.1) is 0 Å². The minimum Gasteiger partial charge on any atom is -0.311 e. The van der Waals surface area contributed by atoms with Gasteiger partial charge in [-0.1, -0.05) is 128 Å². The molecule has 0 amide bonds. The number of hydrogen-bond donors (Lipinski definition) is 0. The van der Waals surface area contributed by atoms with Crippen molar-refractivity contribution in [3.05, 3.63) is 113 Å². The third kappa shape index (κ3) is 4.73. The van der Waals surface area contributed by atoms with Crippen molar-refractivity contribution in [2.45, 2.75) is 98.6 Å². The first-order valence-corrected chi connectivity index (χ1v) is 21.2. The predicted octanol–water partition coefficient (Wildman–Crippen LogP) is 9.11. The second-order valence-corrected chi connectivity index (χ2v) is 22.8. The molecule has 49 heavy (non-hydrogen) atoms. The molecule has 0 radical (unpaired) electrons. The highest BCUT2D eigenvalue weighted by atomic mass is 28.3. The van der Waals surface area contributed by atoms with E-state index in [9.17, 15) is 0 Å². The molecule has 248 valence electrons. The molecule has 0 atom stereocenters. The molecule has 0 saturated carbocycles. The first kappa shape index (κ1) is 32.2. The average Bonchev–Trinajstić information content (AvgIpc) is 3.02. The van der Waals surface area contributed by atoms with Gasteiger partial charge < -0.3 is 9.80 Å². The number of rotatable bonds is 2. The van der Waals surface area contributed by atoms with Gasteiger partial charge >= 0.3 is 0 Å². The van der Waals surface area contributed by atoms with E-state index < -0.39 is 8.07 Å². The highest BCUT2D eigenvalue weighted by Crippen LogP contribution is 2.46. The molecule has 8 rings (SSSR count). The Morgan fingerprint density at radius 3 is 1.37 bits per heavy atom. The molecule has 2 nitrogen and oxygen atoms in total. The Kier molecular flexibility index (Phi) is 6.74. The number of benzene rings is 5. The van der Waals surface area contributed by atoms with Crippen LogP contribution in [0.2, 0.25) is 13.1 Å². The summed E-state index contributed by atoms with van der Waals surface area (Å²) >= 11 is 0. The van der Waals surface area contributed by atoms with Crippen LogP contribution in [0.3, 0.4) is 0 Å². The van der Waals surface area contributed by atoms with E-state index in [1.165, 1.54) is 72.8 Å². The van der Waals surface area contributed by atoms with Gasteiger partial charge in [0.15, 0.2) is 0 Å². The summed E-state index contributed by atoms with van der Waals surface area (Å²) in [5, 5.41) is 3.15. The van der Waals surface area contributed by atoms with Crippen molar-refractivity contribution in [1.82, 2.24) is 0 Å². The van der Waals surface area contributed by atoms with Crippen LogP contribution in [0, 0.1) is 6.92 Å². The van der Waals surface area contributed by atoms with E-state index in [4.69, 9.17) is 0 Å². The van der Waals surface area contributed by atoms with Crippen LogP contribution in [0.1, 0.15) is 84.6 Å². The van der Waals surface area contributed by atoms with Crippen LogP contribution in [0.25, 0.3) is 0 Å². The van der Waals surface area contributed by atoms with Crippen LogP contribution >= 0.6 is 0 Å². The molecule has 0 aliphatic carbocycles. The topological polar surface area (TPSA) is 6.48 Å². The summed E-state index contributed by atoms with van der Waals surface area (Å²) < 4.78 is 0. The monoisotopic (exact) mass is 658 g/mol. The van der Waals surface area contributed by atoms with Crippen molar-refractivity contribution in [3.8, 4) is 0 Å². The molecule has 0 N–H and O–H groups in total. The molecule has 0 spiro atoms. The fourth-order valence-corrected chi connectivity index (χ4v) is 11.9. The van der Waals surface area contributed by atoms with Crippen LogP contribution in [-0.2, 0) is 16.2 Å². The molecule has 3 aliphatic rings. The van der Waals surface area contributed by atoms with Crippen LogP contribution in [-0.4, -0.2) is 14.8 Å². The number of hydrogen-bond acceptors (Lipinski definition) is 2. The van der Waals surface area contributed by atoms with Crippen LogP contribution in [0.15, 0.2) is 91.0 Å². The Labute approximate surface area is 296 Å². The Balaban J connectivity index is 1.48. The van der Waals surface area contributed by atoms with Gasteiger partial charge in [0.25, 0.3) is 6.71 Å². The summed E-state index contributed by atoms with van der Waals surface area (Å²) in [5.41, 5.74) is 17.8. The number of aryl methyl sites for hydroxylation is 1. The van der Waals surface area contributed by atoms with Gasteiger partial charge in [0, 0.05) is 34.1 Å². The lowest BCUT2D eigenvalue weighted by atomic mass is 9.33. The van der Waals surface area contributed by atoms with Gasteiger partial charge in [0.2, 0.25) is 0 Å². The fourth-order valence-electron chi connectivity index (χ4n) is 8.73. The molecule has 0 aromatic heterocycles. The normalized spacial score (nSPS) is 15.8. The minimum atomic E-state index is -2.05. The van der Waals surface area contributed by atoms with Gasteiger partial charge in [0.1, 0.15) is 8.07 Å². The summed E-state index contributed by atoms with van der Waals surface area (Å²) in [6.07, 6.45) is 0. The standard InChI is InChI=1S/C45H51BN2Si/c1-28-23-36-40-37(24-28)48(33-26-30(44(5,6)7)25-31(27-33)45(8,9)10)35-16-14-18-39-42(35)46(40)41-34(15-13-17-38(41)49(39,11)12)47(36)32-21-19-29(20-22-32)43(2,3)4/h13-27H,1-12H3. The minimum absolute atomic E-state index is 0.0231. The number of anilines is 6. The molecule has 0 fully saturated rings. The molecular weight excluding hydrogens is 607 g/mol. The fraction of sp³-hybridized carbons (Fsp3) is 0.333. The SMILES string of the molecule is Cc1cc2c3c(c1)N(c1cc(C(C)(C)C)cc(C(C)(C)C)c1)c1cccc4c1B3c1c(cccc1[Si]4(C)C)N2c1ccc(C(C)(C)C)cc1.